The minimum atomic E-state index is 0.804. The first-order chi connectivity index (χ1) is 15.9. The van der Waals surface area contributed by atoms with Gasteiger partial charge in [0.25, 0.3) is 0 Å². The highest BCUT2D eigenvalue weighted by Gasteiger charge is 2.15. The molecule has 0 saturated heterocycles. The summed E-state index contributed by atoms with van der Waals surface area (Å²) in [6.45, 7) is 0. The molecule has 6 rings (SSSR count). The number of pyridine rings is 1. The number of nitrogens with zero attached hydrogens (tertiary/aromatic N) is 2. The van der Waals surface area contributed by atoms with E-state index in [0.717, 1.165) is 39.0 Å². The van der Waals surface area contributed by atoms with Gasteiger partial charge in [0.1, 0.15) is 5.58 Å². The Morgan fingerprint density at radius 2 is 1.19 bits per heavy atom. The smallest absolute Gasteiger partial charge is 0.153 e. The van der Waals surface area contributed by atoms with Crippen molar-refractivity contribution in [2.75, 3.05) is 4.90 Å². The Morgan fingerprint density at radius 1 is 0.531 bits per heavy atom. The van der Waals surface area contributed by atoms with Crippen LogP contribution in [0.1, 0.15) is 0 Å². The maximum atomic E-state index is 5.98. The summed E-state index contributed by atoms with van der Waals surface area (Å²) in [6, 6.07) is 38.0. The second-order valence-electron chi connectivity index (χ2n) is 7.74. The fourth-order valence-electron chi connectivity index (χ4n) is 4.22. The number of furan rings is 1. The third-order valence-electron chi connectivity index (χ3n) is 5.76. The molecule has 0 unspecified atom stereocenters. The second-order valence-corrected chi connectivity index (χ2v) is 7.74. The normalized spacial score (nSPS) is 11.1. The van der Waals surface area contributed by atoms with Crippen LogP contribution in [0.2, 0.25) is 0 Å². The second kappa shape index (κ2) is 7.71. The summed E-state index contributed by atoms with van der Waals surface area (Å²) in [6.07, 6.45) is 3.58. The van der Waals surface area contributed by atoms with Crippen LogP contribution in [0.4, 0.5) is 17.1 Å². The van der Waals surface area contributed by atoms with E-state index in [4.69, 9.17) is 4.42 Å². The van der Waals surface area contributed by atoms with Crippen LogP contribution in [0, 0.1) is 0 Å². The van der Waals surface area contributed by atoms with Gasteiger partial charge in [0.2, 0.25) is 0 Å². The summed E-state index contributed by atoms with van der Waals surface area (Å²) < 4.78 is 5.98. The van der Waals surface area contributed by atoms with Gasteiger partial charge >= 0.3 is 0 Å². The van der Waals surface area contributed by atoms with Crippen LogP contribution >= 0.6 is 0 Å². The standard InChI is InChI=1S/C29H20N2O/c1-3-7-21(8-4-1)22-11-13-24(14-12-22)31(23-9-5-2-6-10-23)25-15-16-28-27(19-25)26-17-18-30-20-29(26)32-28/h1-20H. The molecule has 0 aliphatic rings. The van der Waals surface area contributed by atoms with E-state index >= 15 is 0 Å². The molecule has 3 heteroatoms. The number of para-hydroxylation sites is 1. The number of hydrogen-bond donors (Lipinski definition) is 0. The largest absolute Gasteiger partial charge is 0.454 e. The number of hydrogen-bond acceptors (Lipinski definition) is 3. The van der Waals surface area contributed by atoms with Crippen LogP contribution in [0.3, 0.4) is 0 Å². The van der Waals surface area contributed by atoms with Crippen molar-refractivity contribution in [3.63, 3.8) is 0 Å². The molecule has 4 aromatic carbocycles. The highest BCUT2D eigenvalue weighted by molar-refractivity contribution is 6.06. The van der Waals surface area contributed by atoms with Crippen molar-refractivity contribution < 1.29 is 4.42 Å². The first-order valence-corrected chi connectivity index (χ1v) is 10.6. The van der Waals surface area contributed by atoms with Gasteiger partial charge in [-0.1, -0.05) is 60.7 Å². The molecule has 0 aliphatic carbocycles. The Morgan fingerprint density at radius 3 is 1.97 bits per heavy atom. The minimum Gasteiger partial charge on any atom is -0.454 e. The summed E-state index contributed by atoms with van der Waals surface area (Å²) in [7, 11) is 0. The molecule has 0 aliphatic heterocycles. The van der Waals surface area contributed by atoms with Crippen LogP contribution in [0.15, 0.2) is 126 Å². The fourth-order valence-corrected chi connectivity index (χ4v) is 4.22. The lowest BCUT2D eigenvalue weighted by Gasteiger charge is -2.25. The molecular formula is C29H20N2O. The van der Waals surface area contributed by atoms with Crippen molar-refractivity contribution in [1.29, 1.82) is 0 Å². The fraction of sp³-hybridized carbons (Fsp3) is 0. The Hall–Kier alpha value is -4.37. The molecule has 32 heavy (non-hydrogen) atoms. The van der Waals surface area contributed by atoms with E-state index in [9.17, 15) is 0 Å². The zero-order valence-corrected chi connectivity index (χ0v) is 17.3. The van der Waals surface area contributed by atoms with Gasteiger partial charge in [-0.25, -0.2) is 0 Å². The van der Waals surface area contributed by atoms with Crippen LogP contribution in [-0.2, 0) is 0 Å². The lowest BCUT2D eigenvalue weighted by molar-refractivity contribution is 0.667. The highest BCUT2D eigenvalue weighted by atomic mass is 16.3. The van der Waals surface area contributed by atoms with Crippen LogP contribution in [0.25, 0.3) is 33.1 Å². The Balaban J connectivity index is 1.49. The number of anilines is 3. The van der Waals surface area contributed by atoms with Crippen molar-refractivity contribution in [3.8, 4) is 11.1 Å². The van der Waals surface area contributed by atoms with Gasteiger partial charge in [0.15, 0.2) is 5.58 Å². The third kappa shape index (κ3) is 3.21. The van der Waals surface area contributed by atoms with Gasteiger partial charge in [0, 0.05) is 34.0 Å². The van der Waals surface area contributed by atoms with Gasteiger partial charge < -0.3 is 9.32 Å². The molecule has 0 bridgehead atoms. The molecule has 0 amide bonds. The maximum absolute atomic E-state index is 5.98. The van der Waals surface area contributed by atoms with Gasteiger partial charge in [-0.05, 0) is 59.7 Å². The van der Waals surface area contributed by atoms with E-state index in [1.54, 1.807) is 12.4 Å². The number of fused-ring (bicyclic) bond motifs is 3. The predicted octanol–water partition coefficient (Wildman–Crippen LogP) is 8.12. The maximum Gasteiger partial charge on any atom is 0.153 e. The van der Waals surface area contributed by atoms with E-state index in [1.165, 1.54) is 11.1 Å². The average molecular weight is 412 g/mol. The van der Waals surface area contributed by atoms with Crippen molar-refractivity contribution >= 4 is 39.0 Å². The summed E-state index contributed by atoms with van der Waals surface area (Å²) >= 11 is 0. The lowest BCUT2D eigenvalue weighted by Crippen LogP contribution is -2.09. The van der Waals surface area contributed by atoms with Crippen molar-refractivity contribution in [1.82, 2.24) is 4.98 Å². The summed E-state index contributed by atoms with van der Waals surface area (Å²) in [5.41, 5.74) is 7.37. The first kappa shape index (κ1) is 18.4. The van der Waals surface area contributed by atoms with E-state index in [2.05, 4.69) is 94.8 Å². The number of rotatable bonds is 4. The first-order valence-electron chi connectivity index (χ1n) is 10.6. The van der Waals surface area contributed by atoms with Crippen LogP contribution in [-0.4, -0.2) is 4.98 Å². The van der Waals surface area contributed by atoms with E-state index in [0.29, 0.717) is 0 Å². The summed E-state index contributed by atoms with van der Waals surface area (Å²) in [5.74, 6) is 0. The summed E-state index contributed by atoms with van der Waals surface area (Å²) in [5, 5.41) is 2.16. The zero-order valence-electron chi connectivity index (χ0n) is 17.3. The zero-order chi connectivity index (χ0) is 21.3. The molecule has 0 fully saturated rings. The molecule has 2 aromatic heterocycles. The average Bonchev–Trinajstić information content (AvgIpc) is 3.24. The third-order valence-corrected chi connectivity index (χ3v) is 5.76. The molecule has 0 spiro atoms. The summed E-state index contributed by atoms with van der Waals surface area (Å²) in [4.78, 5) is 6.46. The molecule has 3 nitrogen and oxygen atoms in total. The van der Waals surface area contributed by atoms with E-state index in [-0.39, 0.29) is 0 Å². The molecule has 0 radical (unpaired) electrons. The van der Waals surface area contributed by atoms with Gasteiger partial charge in [0.05, 0.1) is 6.20 Å². The van der Waals surface area contributed by atoms with Crippen molar-refractivity contribution in [3.05, 3.63) is 122 Å². The Labute approximate surface area is 186 Å². The highest BCUT2D eigenvalue weighted by Crippen LogP contribution is 2.38. The van der Waals surface area contributed by atoms with Crippen LogP contribution in [0.5, 0.6) is 0 Å². The molecule has 0 saturated carbocycles. The molecule has 0 atom stereocenters. The topological polar surface area (TPSA) is 29.3 Å². The van der Waals surface area contributed by atoms with E-state index in [1.807, 2.05) is 24.3 Å². The Bertz CT molecular complexity index is 1500. The van der Waals surface area contributed by atoms with E-state index < -0.39 is 0 Å². The predicted molar refractivity (Wildman–Crippen MR) is 132 cm³/mol. The molecule has 152 valence electrons. The molecule has 0 N–H and O–H groups in total. The molecule has 2 heterocycles. The number of aromatic nitrogens is 1. The van der Waals surface area contributed by atoms with Crippen LogP contribution < -0.4 is 4.90 Å². The van der Waals surface area contributed by atoms with Crippen molar-refractivity contribution in [2.45, 2.75) is 0 Å². The molecular weight excluding hydrogens is 392 g/mol. The van der Waals surface area contributed by atoms with Gasteiger partial charge in [-0.15, -0.1) is 0 Å². The SMILES string of the molecule is c1ccc(-c2ccc(N(c3ccccc3)c3ccc4oc5cnccc5c4c3)cc2)cc1. The van der Waals surface area contributed by atoms with Gasteiger partial charge in [-0.2, -0.15) is 0 Å². The monoisotopic (exact) mass is 412 g/mol. The Kier molecular flexibility index (Phi) is 4.43. The minimum absolute atomic E-state index is 0.804. The number of benzene rings is 4. The van der Waals surface area contributed by atoms with Crippen molar-refractivity contribution in [2.24, 2.45) is 0 Å². The van der Waals surface area contributed by atoms with Gasteiger partial charge in [-0.3, -0.25) is 4.98 Å². The quantitative estimate of drug-likeness (QED) is 0.293. The lowest BCUT2D eigenvalue weighted by atomic mass is 10.0. The molecule has 6 aromatic rings.